The molecule has 0 rings (SSSR count). The Bertz CT molecular complexity index is 175. The minimum Gasteiger partial charge on any atom is -0.548 e. The molecule has 84 valence electrons. The van der Waals surface area contributed by atoms with E-state index in [-0.39, 0.29) is 0 Å². The molecule has 2 N–H and O–H groups in total. The standard InChI is InChI=1S/C10H22N2O2/c1-12(2,3)8-6-4-5-7-9(11)10(13)14/h9H,4-8,11H2,1-3H3/t9-/m1/s1. The number of hydrogen-bond acceptors (Lipinski definition) is 3. The third kappa shape index (κ3) is 8.01. The second-order valence-corrected chi connectivity index (χ2v) is 4.79. The lowest BCUT2D eigenvalue weighted by Crippen LogP contribution is -2.41. The van der Waals surface area contributed by atoms with E-state index in [0.717, 1.165) is 30.3 Å². The molecule has 0 saturated heterocycles. The van der Waals surface area contributed by atoms with Crippen LogP contribution < -0.4 is 10.8 Å². The number of aliphatic carboxylic acids is 1. The van der Waals surface area contributed by atoms with Gasteiger partial charge in [-0.2, -0.15) is 0 Å². The van der Waals surface area contributed by atoms with Crippen LogP contribution in [0.1, 0.15) is 25.7 Å². The normalized spacial score (nSPS) is 14.0. The molecule has 0 fully saturated rings. The van der Waals surface area contributed by atoms with Crippen LogP contribution in [0.25, 0.3) is 0 Å². The Morgan fingerprint density at radius 1 is 1.29 bits per heavy atom. The van der Waals surface area contributed by atoms with Crippen molar-refractivity contribution in [3.05, 3.63) is 0 Å². The van der Waals surface area contributed by atoms with Gasteiger partial charge in [0.2, 0.25) is 0 Å². The molecule has 0 heterocycles. The van der Waals surface area contributed by atoms with Crippen molar-refractivity contribution in [2.75, 3.05) is 27.7 Å². The molecule has 0 aromatic heterocycles. The predicted octanol–water partition coefficient (Wildman–Crippen LogP) is -0.670. The third-order valence-electron chi connectivity index (χ3n) is 2.15. The summed E-state index contributed by atoms with van der Waals surface area (Å²) in [6.45, 7) is 1.11. The first-order valence-corrected chi connectivity index (χ1v) is 5.10. The van der Waals surface area contributed by atoms with Crippen LogP contribution in [0.3, 0.4) is 0 Å². The molecule has 0 saturated carbocycles. The van der Waals surface area contributed by atoms with Gasteiger partial charge in [-0.1, -0.05) is 6.42 Å². The molecule has 4 heteroatoms. The number of quaternary nitrogens is 1. The highest BCUT2D eigenvalue weighted by molar-refractivity contribution is 5.70. The number of carboxylic acids is 1. The number of rotatable bonds is 7. The van der Waals surface area contributed by atoms with E-state index in [2.05, 4.69) is 21.1 Å². The number of carbonyl (C=O) groups excluding carboxylic acids is 1. The van der Waals surface area contributed by atoms with Crippen molar-refractivity contribution in [1.82, 2.24) is 0 Å². The van der Waals surface area contributed by atoms with Gasteiger partial charge in [0.15, 0.2) is 0 Å². The van der Waals surface area contributed by atoms with Crippen LogP contribution in [0.2, 0.25) is 0 Å². The molecule has 4 nitrogen and oxygen atoms in total. The Kier molecular flexibility index (Phi) is 5.72. The van der Waals surface area contributed by atoms with E-state index in [4.69, 9.17) is 5.73 Å². The summed E-state index contributed by atoms with van der Waals surface area (Å²) in [5, 5.41) is 10.3. The summed E-state index contributed by atoms with van der Waals surface area (Å²) >= 11 is 0. The van der Waals surface area contributed by atoms with Crippen LogP contribution in [0, 0.1) is 0 Å². The smallest absolute Gasteiger partial charge is 0.0780 e. The zero-order valence-electron chi connectivity index (χ0n) is 9.45. The molecule has 0 aromatic rings. The van der Waals surface area contributed by atoms with Crippen molar-refractivity contribution in [1.29, 1.82) is 0 Å². The molecule has 0 radical (unpaired) electrons. The lowest BCUT2D eigenvalue weighted by atomic mass is 10.1. The molecular formula is C10H22N2O2. The van der Waals surface area contributed by atoms with Gasteiger partial charge in [-0.05, 0) is 19.3 Å². The summed E-state index contributed by atoms with van der Waals surface area (Å²) in [7, 11) is 6.44. The van der Waals surface area contributed by atoms with Gasteiger partial charge in [0, 0.05) is 6.04 Å². The number of carbonyl (C=O) groups is 1. The number of unbranched alkanes of at least 4 members (excludes halogenated alkanes) is 2. The first-order chi connectivity index (χ1) is 6.33. The van der Waals surface area contributed by atoms with Gasteiger partial charge in [0.25, 0.3) is 0 Å². The number of hydrogen-bond donors (Lipinski definition) is 1. The van der Waals surface area contributed by atoms with E-state index in [1.807, 2.05) is 0 Å². The van der Waals surface area contributed by atoms with Crippen LogP contribution >= 0.6 is 0 Å². The summed E-state index contributed by atoms with van der Waals surface area (Å²) in [4.78, 5) is 10.3. The van der Waals surface area contributed by atoms with Gasteiger partial charge in [-0.3, -0.25) is 0 Å². The molecule has 0 amide bonds. The Labute approximate surface area is 86.3 Å². The lowest BCUT2D eigenvalue weighted by molar-refractivity contribution is -0.870. The fourth-order valence-electron chi connectivity index (χ4n) is 1.25. The lowest BCUT2D eigenvalue weighted by Gasteiger charge is -2.23. The Morgan fingerprint density at radius 3 is 2.29 bits per heavy atom. The molecule has 1 atom stereocenters. The molecule has 0 aliphatic rings. The van der Waals surface area contributed by atoms with Gasteiger partial charge in [0.05, 0.1) is 33.7 Å². The van der Waals surface area contributed by atoms with Crippen molar-refractivity contribution in [3.63, 3.8) is 0 Å². The topological polar surface area (TPSA) is 66.2 Å². The predicted molar refractivity (Wildman–Crippen MR) is 54.3 cm³/mol. The van der Waals surface area contributed by atoms with Crippen LogP contribution in [0.4, 0.5) is 0 Å². The number of nitrogens with zero attached hydrogens (tertiary/aromatic N) is 1. The highest BCUT2D eigenvalue weighted by Crippen LogP contribution is 2.04. The third-order valence-corrected chi connectivity index (χ3v) is 2.15. The second kappa shape index (κ2) is 5.98. The van der Waals surface area contributed by atoms with Crippen LogP contribution in [-0.4, -0.2) is 44.2 Å². The van der Waals surface area contributed by atoms with Gasteiger partial charge < -0.3 is 20.1 Å². The second-order valence-electron chi connectivity index (χ2n) is 4.79. The van der Waals surface area contributed by atoms with Crippen molar-refractivity contribution in [2.24, 2.45) is 5.73 Å². The van der Waals surface area contributed by atoms with Crippen molar-refractivity contribution in [2.45, 2.75) is 31.7 Å². The largest absolute Gasteiger partial charge is 0.548 e. The summed E-state index contributed by atoms with van der Waals surface area (Å²) in [6, 6.07) is -0.792. The average Bonchev–Trinajstić information content (AvgIpc) is 2.01. The van der Waals surface area contributed by atoms with E-state index in [1.54, 1.807) is 0 Å². The van der Waals surface area contributed by atoms with Crippen molar-refractivity contribution < 1.29 is 14.4 Å². The van der Waals surface area contributed by atoms with Gasteiger partial charge >= 0.3 is 0 Å². The van der Waals surface area contributed by atoms with E-state index >= 15 is 0 Å². The Morgan fingerprint density at radius 2 is 1.86 bits per heavy atom. The molecule has 0 bridgehead atoms. The van der Waals surface area contributed by atoms with Gasteiger partial charge in [-0.25, -0.2) is 0 Å². The molecule has 0 aliphatic carbocycles. The van der Waals surface area contributed by atoms with Crippen LogP contribution in [-0.2, 0) is 4.79 Å². The average molecular weight is 202 g/mol. The van der Waals surface area contributed by atoms with E-state index < -0.39 is 12.0 Å². The van der Waals surface area contributed by atoms with Gasteiger partial charge in [0.1, 0.15) is 0 Å². The summed E-state index contributed by atoms with van der Waals surface area (Å²) in [5.74, 6) is -1.14. The summed E-state index contributed by atoms with van der Waals surface area (Å²) in [6.07, 6.45) is 3.55. The molecule has 0 aromatic carbocycles. The van der Waals surface area contributed by atoms with E-state index in [9.17, 15) is 9.90 Å². The molecule has 0 spiro atoms. The van der Waals surface area contributed by atoms with Crippen molar-refractivity contribution >= 4 is 5.97 Å². The van der Waals surface area contributed by atoms with E-state index in [1.165, 1.54) is 0 Å². The van der Waals surface area contributed by atoms with Crippen LogP contribution in [0.15, 0.2) is 0 Å². The zero-order valence-corrected chi connectivity index (χ0v) is 9.45. The number of carboxylic acid groups (broad SMARTS) is 1. The van der Waals surface area contributed by atoms with Crippen LogP contribution in [0.5, 0.6) is 0 Å². The van der Waals surface area contributed by atoms with Crippen molar-refractivity contribution in [3.8, 4) is 0 Å². The molecular weight excluding hydrogens is 180 g/mol. The fourth-order valence-corrected chi connectivity index (χ4v) is 1.25. The maximum absolute atomic E-state index is 10.3. The Hall–Kier alpha value is -0.610. The monoisotopic (exact) mass is 202 g/mol. The van der Waals surface area contributed by atoms with Gasteiger partial charge in [-0.15, -0.1) is 0 Å². The maximum Gasteiger partial charge on any atom is 0.0780 e. The summed E-state index contributed by atoms with van der Waals surface area (Å²) in [5.41, 5.74) is 5.32. The zero-order chi connectivity index (χ0) is 11.2. The molecule has 14 heavy (non-hydrogen) atoms. The Balaban J connectivity index is 3.35. The number of nitrogens with two attached hydrogens (primary N) is 1. The highest BCUT2D eigenvalue weighted by atomic mass is 16.4. The quantitative estimate of drug-likeness (QED) is 0.440. The molecule has 0 unspecified atom stereocenters. The minimum atomic E-state index is -1.14. The minimum absolute atomic E-state index is 0.527. The first kappa shape index (κ1) is 13.4. The van der Waals surface area contributed by atoms with E-state index in [0.29, 0.717) is 6.42 Å². The SMILES string of the molecule is C[N+](C)(C)CCCCC[C@@H](N)C(=O)[O-]. The maximum atomic E-state index is 10.3. The summed E-state index contributed by atoms with van der Waals surface area (Å²) < 4.78 is 0.951. The fraction of sp³-hybridized carbons (Fsp3) is 0.900. The highest BCUT2D eigenvalue weighted by Gasteiger charge is 2.06. The molecule has 0 aliphatic heterocycles. The first-order valence-electron chi connectivity index (χ1n) is 5.10.